The summed E-state index contributed by atoms with van der Waals surface area (Å²) in [5.41, 5.74) is 2.03. The third-order valence-electron chi connectivity index (χ3n) is 2.29. The van der Waals surface area contributed by atoms with Crippen molar-refractivity contribution in [2.24, 2.45) is 0 Å². The van der Waals surface area contributed by atoms with E-state index in [1.54, 1.807) is 0 Å². The molecule has 0 saturated heterocycles. The number of hydrogen-bond acceptors (Lipinski definition) is 4. The summed E-state index contributed by atoms with van der Waals surface area (Å²) in [7, 11) is 2.02. The van der Waals surface area contributed by atoms with Gasteiger partial charge in [0.2, 0.25) is 0 Å². The van der Waals surface area contributed by atoms with Crippen LogP contribution in [0.1, 0.15) is 11.3 Å². The van der Waals surface area contributed by atoms with Gasteiger partial charge >= 0.3 is 0 Å². The number of aromatic nitrogens is 2. The molecule has 0 amide bonds. The highest BCUT2D eigenvalue weighted by atomic mass is 35.5. The average molecular weight is 288 g/mol. The number of nitrogens with zero attached hydrogens (tertiary/aromatic N) is 3. The Morgan fingerprint density at radius 1 is 1.18 bits per heavy atom. The SMILES string of the molecule is CN(Cc1ccc(Cl)cc1)Cc1nnsc1Cl. The van der Waals surface area contributed by atoms with E-state index < -0.39 is 0 Å². The van der Waals surface area contributed by atoms with Gasteiger partial charge in [-0.25, -0.2) is 0 Å². The van der Waals surface area contributed by atoms with E-state index in [2.05, 4.69) is 14.5 Å². The minimum Gasteiger partial charge on any atom is -0.296 e. The Balaban J connectivity index is 1.95. The first-order chi connectivity index (χ1) is 8.15. The van der Waals surface area contributed by atoms with Crippen molar-refractivity contribution in [1.82, 2.24) is 14.5 Å². The summed E-state index contributed by atoms with van der Waals surface area (Å²) in [5, 5.41) is 4.74. The van der Waals surface area contributed by atoms with Crippen molar-refractivity contribution in [3.05, 3.63) is 44.9 Å². The van der Waals surface area contributed by atoms with Crippen LogP contribution in [0.25, 0.3) is 0 Å². The maximum absolute atomic E-state index is 5.96. The molecule has 0 unspecified atom stereocenters. The van der Waals surface area contributed by atoms with Gasteiger partial charge in [-0.15, -0.1) is 5.10 Å². The highest BCUT2D eigenvalue weighted by molar-refractivity contribution is 7.10. The number of halogens is 2. The second kappa shape index (κ2) is 5.78. The van der Waals surface area contributed by atoms with Crippen molar-refractivity contribution in [3.8, 4) is 0 Å². The largest absolute Gasteiger partial charge is 0.296 e. The molecule has 0 saturated carbocycles. The van der Waals surface area contributed by atoms with Crippen LogP contribution in [0, 0.1) is 0 Å². The van der Waals surface area contributed by atoms with Gasteiger partial charge in [0.15, 0.2) is 0 Å². The van der Waals surface area contributed by atoms with Crippen molar-refractivity contribution >= 4 is 34.7 Å². The van der Waals surface area contributed by atoms with E-state index in [0.29, 0.717) is 10.9 Å². The molecule has 0 bridgehead atoms. The lowest BCUT2D eigenvalue weighted by Gasteiger charge is -2.15. The Kier molecular flexibility index (Phi) is 4.34. The topological polar surface area (TPSA) is 29.0 Å². The van der Waals surface area contributed by atoms with Gasteiger partial charge in [0.1, 0.15) is 10.0 Å². The molecule has 17 heavy (non-hydrogen) atoms. The predicted molar refractivity (Wildman–Crippen MR) is 71.5 cm³/mol. The van der Waals surface area contributed by atoms with Gasteiger partial charge in [-0.1, -0.05) is 39.8 Å². The van der Waals surface area contributed by atoms with Crippen LogP contribution < -0.4 is 0 Å². The lowest BCUT2D eigenvalue weighted by atomic mass is 10.2. The molecule has 3 nitrogen and oxygen atoms in total. The first kappa shape index (κ1) is 12.8. The van der Waals surface area contributed by atoms with Gasteiger partial charge in [-0.05, 0) is 24.7 Å². The van der Waals surface area contributed by atoms with Crippen LogP contribution in [-0.4, -0.2) is 21.5 Å². The van der Waals surface area contributed by atoms with Gasteiger partial charge in [-0.3, -0.25) is 4.90 Å². The van der Waals surface area contributed by atoms with E-state index in [-0.39, 0.29) is 0 Å². The molecule has 2 aromatic rings. The molecule has 0 N–H and O–H groups in total. The molecular formula is C11H11Cl2N3S. The number of hydrogen-bond donors (Lipinski definition) is 0. The van der Waals surface area contributed by atoms with E-state index in [4.69, 9.17) is 23.2 Å². The molecule has 1 aromatic carbocycles. The van der Waals surface area contributed by atoms with E-state index in [1.165, 1.54) is 17.1 Å². The third-order valence-corrected chi connectivity index (χ3v) is 3.53. The quantitative estimate of drug-likeness (QED) is 0.862. The van der Waals surface area contributed by atoms with E-state index in [1.807, 2.05) is 31.3 Å². The molecule has 6 heteroatoms. The van der Waals surface area contributed by atoms with Gasteiger partial charge in [-0.2, -0.15) is 0 Å². The second-order valence-corrected chi connectivity index (χ2v) is 5.58. The molecule has 1 aromatic heterocycles. The van der Waals surface area contributed by atoms with Gasteiger partial charge in [0.25, 0.3) is 0 Å². The summed E-state index contributed by atoms with van der Waals surface area (Å²) in [6.45, 7) is 1.52. The zero-order valence-electron chi connectivity index (χ0n) is 9.23. The summed E-state index contributed by atoms with van der Waals surface area (Å²) in [5.74, 6) is 0. The fraction of sp³-hybridized carbons (Fsp3) is 0.273. The summed E-state index contributed by atoms with van der Waals surface area (Å²) in [4.78, 5) is 2.13. The Hall–Kier alpha value is -0.680. The van der Waals surface area contributed by atoms with Gasteiger partial charge in [0, 0.05) is 29.6 Å². The van der Waals surface area contributed by atoms with E-state index in [9.17, 15) is 0 Å². The number of benzene rings is 1. The van der Waals surface area contributed by atoms with Crippen LogP contribution in [0.15, 0.2) is 24.3 Å². The Morgan fingerprint density at radius 3 is 2.47 bits per heavy atom. The lowest BCUT2D eigenvalue weighted by molar-refractivity contribution is 0.315. The normalized spacial score (nSPS) is 11.1. The van der Waals surface area contributed by atoms with E-state index >= 15 is 0 Å². The second-order valence-electron chi connectivity index (χ2n) is 3.79. The maximum Gasteiger partial charge on any atom is 0.138 e. The lowest BCUT2D eigenvalue weighted by Crippen LogP contribution is -2.17. The first-order valence-corrected chi connectivity index (χ1v) is 6.58. The minimum atomic E-state index is 0.660. The molecule has 0 atom stereocenters. The summed E-state index contributed by atoms with van der Waals surface area (Å²) in [6, 6.07) is 7.81. The van der Waals surface area contributed by atoms with Crippen LogP contribution in [0.2, 0.25) is 9.36 Å². The third kappa shape index (κ3) is 3.64. The molecule has 0 fully saturated rings. The van der Waals surface area contributed by atoms with Crippen LogP contribution >= 0.6 is 34.7 Å². The molecule has 0 spiro atoms. The zero-order chi connectivity index (χ0) is 12.3. The fourth-order valence-electron chi connectivity index (χ4n) is 1.50. The zero-order valence-corrected chi connectivity index (χ0v) is 11.6. The molecular weight excluding hydrogens is 277 g/mol. The minimum absolute atomic E-state index is 0.660. The maximum atomic E-state index is 5.96. The molecule has 0 aliphatic rings. The summed E-state index contributed by atoms with van der Waals surface area (Å²) in [6.07, 6.45) is 0. The Bertz CT molecular complexity index is 484. The summed E-state index contributed by atoms with van der Waals surface area (Å²) >= 11 is 13.0. The fourth-order valence-corrected chi connectivity index (χ4v) is 2.24. The highest BCUT2D eigenvalue weighted by Crippen LogP contribution is 2.19. The predicted octanol–water partition coefficient (Wildman–Crippen LogP) is 3.48. The van der Waals surface area contributed by atoms with Crippen LogP contribution in [0.4, 0.5) is 0 Å². The molecule has 1 heterocycles. The molecule has 2 rings (SSSR count). The summed E-state index contributed by atoms with van der Waals surface area (Å²) < 4.78 is 4.47. The molecule has 0 aliphatic heterocycles. The standard InChI is InChI=1S/C11H11Cl2N3S/c1-16(7-10-11(13)17-15-14-10)6-8-2-4-9(12)5-3-8/h2-5H,6-7H2,1H3. The first-order valence-electron chi connectivity index (χ1n) is 5.05. The van der Waals surface area contributed by atoms with Crippen LogP contribution in [0.3, 0.4) is 0 Å². The van der Waals surface area contributed by atoms with Crippen molar-refractivity contribution in [3.63, 3.8) is 0 Å². The average Bonchev–Trinajstić information content (AvgIpc) is 2.68. The number of rotatable bonds is 4. The monoisotopic (exact) mass is 287 g/mol. The Labute approximate surface area is 114 Å². The molecule has 0 radical (unpaired) electrons. The van der Waals surface area contributed by atoms with Crippen molar-refractivity contribution in [2.45, 2.75) is 13.1 Å². The highest BCUT2D eigenvalue weighted by Gasteiger charge is 2.08. The van der Waals surface area contributed by atoms with Crippen LogP contribution in [0.5, 0.6) is 0 Å². The van der Waals surface area contributed by atoms with Gasteiger partial charge < -0.3 is 0 Å². The van der Waals surface area contributed by atoms with E-state index in [0.717, 1.165) is 17.3 Å². The smallest absolute Gasteiger partial charge is 0.138 e. The van der Waals surface area contributed by atoms with Crippen molar-refractivity contribution in [2.75, 3.05) is 7.05 Å². The Morgan fingerprint density at radius 2 is 1.88 bits per heavy atom. The molecule has 0 aliphatic carbocycles. The van der Waals surface area contributed by atoms with Crippen LogP contribution in [-0.2, 0) is 13.1 Å². The molecule has 90 valence electrons. The van der Waals surface area contributed by atoms with Crippen molar-refractivity contribution in [1.29, 1.82) is 0 Å². The van der Waals surface area contributed by atoms with Gasteiger partial charge in [0.05, 0.1) is 0 Å². The van der Waals surface area contributed by atoms with Crippen molar-refractivity contribution < 1.29 is 0 Å².